The smallest absolute Gasteiger partial charge is 0.252 e. The van der Waals surface area contributed by atoms with Crippen LogP contribution in [-0.2, 0) is 0 Å². The number of benzene rings is 1. The van der Waals surface area contributed by atoms with Crippen LogP contribution in [0.5, 0.6) is 0 Å². The summed E-state index contributed by atoms with van der Waals surface area (Å²) in [6, 6.07) is 6.72. The molecule has 0 amide bonds. The average Bonchev–Trinajstić information content (AvgIpc) is 1.88. The highest BCUT2D eigenvalue weighted by atomic mass is 35.5. The molecule has 10 heavy (non-hydrogen) atoms. The van der Waals surface area contributed by atoms with Gasteiger partial charge >= 0.3 is 0 Å². The quantitative estimate of drug-likeness (QED) is 0.509. The molecule has 0 spiro atoms. The largest absolute Gasteiger partial charge is 0.276 e. The van der Waals surface area contributed by atoms with Crippen LogP contribution in [0.4, 0.5) is 0 Å². The maximum absolute atomic E-state index is 10.5. The standard InChI is InChI=1S/C7H5ClOS/c8-7(9)5-1-3-6(10)4-2-5/h1-4,10H. The Hall–Kier alpha value is -0.470. The SMILES string of the molecule is O=C(Cl)c1ccc(S)cc1. The van der Waals surface area contributed by atoms with Crippen molar-refractivity contribution in [1.29, 1.82) is 0 Å². The minimum atomic E-state index is -0.437. The van der Waals surface area contributed by atoms with Crippen molar-refractivity contribution in [1.82, 2.24) is 0 Å². The van der Waals surface area contributed by atoms with E-state index in [-0.39, 0.29) is 0 Å². The van der Waals surface area contributed by atoms with Gasteiger partial charge in [0.1, 0.15) is 0 Å². The van der Waals surface area contributed by atoms with Gasteiger partial charge in [0, 0.05) is 10.5 Å². The molecule has 0 unspecified atom stereocenters. The second-order valence-corrected chi connectivity index (χ2v) is 2.68. The Balaban J connectivity index is 3.00. The van der Waals surface area contributed by atoms with Crippen molar-refractivity contribution in [3.8, 4) is 0 Å². The van der Waals surface area contributed by atoms with E-state index in [1.165, 1.54) is 0 Å². The lowest BCUT2D eigenvalue weighted by Gasteiger charge is -1.91. The maximum atomic E-state index is 10.5. The van der Waals surface area contributed by atoms with Crippen molar-refractivity contribution >= 4 is 29.5 Å². The van der Waals surface area contributed by atoms with Gasteiger partial charge in [0.15, 0.2) is 0 Å². The number of hydrogen-bond donors (Lipinski definition) is 1. The minimum absolute atomic E-state index is 0.437. The third kappa shape index (κ3) is 1.75. The van der Waals surface area contributed by atoms with Crippen molar-refractivity contribution in [3.05, 3.63) is 29.8 Å². The Labute approximate surface area is 69.4 Å². The molecule has 0 aliphatic carbocycles. The van der Waals surface area contributed by atoms with Crippen LogP contribution < -0.4 is 0 Å². The zero-order chi connectivity index (χ0) is 7.56. The van der Waals surface area contributed by atoms with E-state index in [2.05, 4.69) is 12.6 Å². The van der Waals surface area contributed by atoms with Gasteiger partial charge in [-0.15, -0.1) is 12.6 Å². The van der Waals surface area contributed by atoms with E-state index in [0.717, 1.165) is 4.90 Å². The number of rotatable bonds is 1. The lowest BCUT2D eigenvalue weighted by atomic mass is 10.2. The van der Waals surface area contributed by atoms with Crippen LogP contribution in [0.1, 0.15) is 10.4 Å². The van der Waals surface area contributed by atoms with E-state index in [9.17, 15) is 4.79 Å². The van der Waals surface area contributed by atoms with Crippen LogP contribution in [0.2, 0.25) is 0 Å². The molecule has 0 saturated heterocycles. The Kier molecular flexibility index (Phi) is 2.35. The third-order valence-electron chi connectivity index (χ3n) is 1.09. The molecule has 0 bridgehead atoms. The molecule has 1 rings (SSSR count). The van der Waals surface area contributed by atoms with Crippen molar-refractivity contribution in [2.75, 3.05) is 0 Å². The predicted octanol–water partition coefficient (Wildman–Crippen LogP) is 2.35. The second kappa shape index (κ2) is 3.08. The molecular formula is C7H5ClOS. The summed E-state index contributed by atoms with van der Waals surface area (Å²) >= 11 is 9.24. The van der Waals surface area contributed by atoms with E-state index in [1.54, 1.807) is 24.3 Å². The van der Waals surface area contributed by atoms with Gasteiger partial charge in [-0.1, -0.05) is 0 Å². The zero-order valence-corrected chi connectivity index (χ0v) is 6.69. The molecule has 0 fully saturated rings. The Morgan fingerprint density at radius 3 is 2.20 bits per heavy atom. The first-order valence-electron chi connectivity index (χ1n) is 2.69. The first-order chi connectivity index (χ1) is 4.70. The predicted molar refractivity (Wildman–Crippen MR) is 43.9 cm³/mol. The van der Waals surface area contributed by atoms with Gasteiger partial charge in [0.2, 0.25) is 0 Å². The highest BCUT2D eigenvalue weighted by Crippen LogP contribution is 2.09. The summed E-state index contributed by atoms with van der Waals surface area (Å²) in [5.74, 6) is 0. The summed E-state index contributed by atoms with van der Waals surface area (Å²) < 4.78 is 0. The van der Waals surface area contributed by atoms with Crippen LogP contribution in [0.25, 0.3) is 0 Å². The molecule has 0 radical (unpaired) electrons. The van der Waals surface area contributed by atoms with Gasteiger partial charge in [-0.25, -0.2) is 0 Å². The van der Waals surface area contributed by atoms with Crippen LogP contribution in [0, 0.1) is 0 Å². The van der Waals surface area contributed by atoms with Crippen molar-refractivity contribution in [2.45, 2.75) is 4.90 Å². The van der Waals surface area contributed by atoms with Crippen molar-refractivity contribution in [3.63, 3.8) is 0 Å². The topological polar surface area (TPSA) is 17.1 Å². The van der Waals surface area contributed by atoms with Crippen molar-refractivity contribution < 1.29 is 4.79 Å². The number of carbonyl (C=O) groups is 1. The fourth-order valence-electron chi connectivity index (χ4n) is 0.592. The molecule has 0 N–H and O–H groups in total. The number of carbonyl (C=O) groups excluding carboxylic acids is 1. The van der Waals surface area contributed by atoms with Gasteiger partial charge in [-0.2, -0.15) is 0 Å². The summed E-state index contributed by atoms with van der Waals surface area (Å²) in [5.41, 5.74) is 0.500. The monoisotopic (exact) mass is 172 g/mol. The molecule has 1 aromatic rings. The molecule has 0 aliphatic rings. The normalized spacial score (nSPS) is 9.40. The number of halogens is 1. The molecule has 0 aromatic heterocycles. The maximum Gasteiger partial charge on any atom is 0.252 e. The average molecular weight is 173 g/mol. The molecule has 0 atom stereocenters. The molecule has 3 heteroatoms. The Bertz CT molecular complexity index is 242. The molecule has 0 heterocycles. The fourth-order valence-corrected chi connectivity index (χ4v) is 0.868. The lowest BCUT2D eigenvalue weighted by Crippen LogP contribution is -1.85. The molecule has 52 valence electrons. The Morgan fingerprint density at radius 2 is 1.80 bits per heavy atom. The van der Waals surface area contributed by atoms with Gasteiger partial charge in [-0.05, 0) is 35.9 Å². The zero-order valence-electron chi connectivity index (χ0n) is 5.04. The van der Waals surface area contributed by atoms with Crippen LogP contribution in [-0.4, -0.2) is 5.24 Å². The van der Waals surface area contributed by atoms with E-state index >= 15 is 0 Å². The first-order valence-corrected chi connectivity index (χ1v) is 3.51. The number of thiol groups is 1. The van der Waals surface area contributed by atoms with Gasteiger partial charge < -0.3 is 0 Å². The summed E-state index contributed by atoms with van der Waals surface area (Å²) in [6.07, 6.45) is 0. The summed E-state index contributed by atoms with van der Waals surface area (Å²) in [4.78, 5) is 11.3. The Morgan fingerprint density at radius 1 is 1.30 bits per heavy atom. The summed E-state index contributed by atoms with van der Waals surface area (Å²) in [5, 5.41) is -0.437. The molecule has 1 aromatic carbocycles. The van der Waals surface area contributed by atoms with Crippen LogP contribution in [0.15, 0.2) is 29.2 Å². The lowest BCUT2D eigenvalue weighted by molar-refractivity contribution is 0.108. The summed E-state index contributed by atoms with van der Waals surface area (Å²) in [7, 11) is 0. The first kappa shape index (κ1) is 7.63. The van der Waals surface area contributed by atoms with Crippen LogP contribution in [0.3, 0.4) is 0 Å². The molecule has 1 nitrogen and oxygen atoms in total. The minimum Gasteiger partial charge on any atom is -0.276 e. The third-order valence-corrected chi connectivity index (χ3v) is 1.61. The molecule has 0 aliphatic heterocycles. The van der Waals surface area contributed by atoms with Gasteiger partial charge in [-0.3, -0.25) is 4.79 Å². The van der Waals surface area contributed by atoms with E-state index < -0.39 is 5.24 Å². The van der Waals surface area contributed by atoms with E-state index in [0.29, 0.717) is 5.56 Å². The second-order valence-electron chi connectivity index (χ2n) is 1.82. The molecule has 0 saturated carbocycles. The van der Waals surface area contributed by atoms with Gasteiger partial charge in [0.05, 0.1) is 0 Å². The van der Waals surface area contributed by atoms with Crippen LogP contribution >= 0.6 is 24.2 Å². The summed E-state index contributed by atoms with van der Waals surface area (Å²) in [6.45, 7) is 0. The fraction of sp³-hybridized carbons (Fsp3) is 0. The highest BCUT2D eigenvalue weighted by Gasteiger charge is 1.98. The van der Waals surface area contributed by atoms with Gasteiger partial charge in [0.25, 0.3) is 5.24 Å². The number of hydrogen-bond acceptors (Lipinski definition) is 2. The highest BCUT2D eigenvalue weighted by molar-refractivity contribution is 7.80. The molecular weight excluding hydrogens is 168 g/mol. The van der Waals surface area contributed by atoms with Crippen molar-refractivity contribution in [2.24, 2.45) is 0 Å². The van der Waals surface area contributed by atoms with E-state index in [1.807, 2.05) is 0 Å². The van der Waals surface area contributed by atoms with E-state index in [4.69, 9.17) is 11.6 Å².